The number of nitrogens with two attached hydrogens (primary N) is 1. The first-order chi connectivity index (χ1) is 7.50. The van der Waals surface area contributed by atoms with Crippen molar-refractivity contribution in [1.29, 1.82) is 0 Å². The zero-order chi connectivity index (χ0) is 13.5. The molecule has 0 saturated heterocycles. The smallest absolute Gasteiger partial charge is 0.369 e. The Morgan fingerprint density at radius 1 is 1.35 bits per heavy atom. The summed E-state index contributed by atoms with van der Waals surface area (Å²) in [5.41, 5.74) is 1.75. The number of rotatable bonds is 2. The summed E-state index contributed by atoms with van der Waals surface area (Å²) in [7, 11) is 0. The molecule has 0 fully saturated rings. The van der Waals surface area contributed by atoms with Crippen LogP contribution in [0.15, 0.2) is 4.99 Å². The fourth-order valence-electron chi connectivity index (χ4n) is 1.43. The average Bonchev–Trinajstić information content (AvgIpc) is 2.44. The summed E-state index contributed by atoms with van der Waals surface area (Å²) in [4.78, 5) is 13.6. The lowest BCUT2D eigenvalue weighted by molar-refractivity contribution is -0.226. The summed E-state index contributed by atoms with van der Waals surface area (Å²) < 4.78 is 74.7. The molecule has 2 unspecified atom stereocenters. The van der Waals surface area contributed by atoms with Gasteiger partial charge in [0, 0.05) is 0 Å². The molecule has 17 heavy (non-hydrogen) atoms. The summed E-state index contributed by atoms with van der Waals surface area (Å²) >= 11 is 0.239. The van der Waals surface area contributed by atoms with Crippen LogP contribution in [-0.2, 0) is 4.79 Å². The van der Waals surface area contributed by atoms with Gasteiger partial charge in [0.05, 0.1) is 12.0 Å². The Kier molecular flexibility index (Phi) is 3.38. The van der Waals surface area contributed by atoms with Gasteiger partial charge in [0.15, 0.2) is 5.54 Å². The van der Waals surface area contributed by atoms with E-state index in [0.717, 1.165) is 0 Å². The van der Waals surface area contributed by atoms with Crippen LogP contribution in [0.4, 0.5) is 26.3 Å². The maximum Gasteiger partial charge on any atom is 0.415 e. The second kappa shape index (κ2) is 4.07. The predicted molar refractivity (Wildman–Crippen MR) is 48.5 cm³/mol. The minimum absolute atomic E-state index is 0.239. The van der Waals surface area contributed by atoms with Crippen LogP contribution < -0.4 is 5.73 Å². The van der Waals surface area contributed by atoms with E-state index in [-0.39, 0.29) is 11.8 Å². The van der Waals surface area contributed by atoms with Crippen molar-refractivity contribution in [2.45, 2.75) is 29.6 Å². The van der Waals surface area contributed by atoms with E-state index in [0.29, 0.717) is 5.55 Å². The number of carbonyl (C=O) groups excluding carboxylic acids is 1. The van der Waals surface area contributed by atoms with E-state index in [4.69, 9.17) is 0 Å². The molecule has 1 aliphatic heterocycles. The zero-order valence-corrected chi connectivity index (χ0v) is 8.79. The van der Waals surface area contributed by atoms with Crippen LogP contribution in [0.5, 0.6) is 0 Å². The SMILES string of the molecule is NC(=O)C1SC=NC1(CC(F)(F)F)C(F)(F)F. The van der Waals surface area contributed by atoms with Crippen molar-refractivity contribution in [3.8, 4) is 0 Å². The molecule has 0 aliphatic carbocycles. The van der Waals surface area contributed by atoms with Crippen molar-refractivity contribution in [3.63, 3.8) is 0 Å². The van der Waals surface area contributed by atoms with Gasteiger partial charge in [0.25, 0.3) is 0 Å². The van der Waals surface area contributed by atoms with Crippen LogP contribution in [-0.4, -0.2) is 34.6 Å². The summed E-state index contributed by atoms with van der Waals surface area (Å²) in [5.74, 6) is -1.48. The van der Waals surface area contributed by atoms with E-state index in [2.05, 4.69) is 10.7 Å². The molecule has 0 spiro atoms. The van der Waals surface area contributed by atoms with Crippen LogP contribution in [0, 0.1) is 0 Å². The largest absolute Gasteiger partial charge is 0.415 e. The van der Waals surface area contributed by atoms with E-state index in [1.54, 1.807) is 0 Å². The lowest BCUT2D eigenvalue weighted by Gasteiger charge is -2.33. The molecule has 0 aromatic rings. The standard InChI is InChI=1S/C7H6F6N2OS/c8-6(9,10)1-5(7(11,12)13)3(4(14)16)17-2-15-5/h2-3H,1H2,(H2,14,16). The summed E-state index contributed by atoms with van der Waals surface area (Å²) in [5, 5.41) is -2.09. The van der Waals surface area contributed by atoms with E-state index in [1.807, 2.05) is 0 Å². The first-order valence-corrected chi connectivity index (χ1v) is 5.06. The molecule has 1 amide bonds. The van der Waals surface area contributed by atoms with Gasteiger partial charge >= 0.3 is 12.4 Å². The lowest BCUT2D eigenvalue weighted by Crippen LogP contribution is -2.56. The molecule has 2 N–H and O–H groups in total. The Labute approximate surface area is 95.4 Å². The molecular formula is C7H6F6N2OS. The van der Waals surface area contributed by atoms with Crippen molar-refractivity contribution in [2.75, 3.05) is 0 Å². The Balaban J connectivity index is 3.20. The van der Waals surface area contributed by atoms with Crippen molar-refractivity contribution >= 4 is 23.2 Å². The van der Waals surface area contributed by atoms with Crippen molar-refractivity contribution in [3.05, 3.63) is 0 Å². The first kappa shape index (κ1) is 14.1. The van der Waals surface area contributed by atoms with E-state index in [1.165, 1.54) is 0 Å². The molecule has 2 atom stereocenters. The lowest BCUT2D eigenvalue weighted by atomic mass is 9.90. The molecule has 1 aliphatic rings. The van der Waals surface area contributed by atoms with E-state index < -0.39 is 35.5 Å². The first-order valence-electron chi connectivity index (χ1n) is 4.11. The summed E-state index contributed by atoms with van der Waals surface area (Å²) in [6.07, 6.45) is -12.7. The Morgan fingerprint density at radius 2 is 1.88 bits per heavy atom. The molecule has 0 bridgehead atoms. The highest BCUT2D eigenvalue weighted by molar-refractivity contribution is 8.13. The van der Waals surface area contributed by atoms with Crippen molar-refractivity contribution < 1.29 is 31.1 Å². The number of carbonyl (C=O) groups is 1. The zero-order valence-electron chi connectivity index (χ0n) is 7.97. The van der Waals surface area contributed by atoms with Crippen molar-refractivity contribution in [2.24, 2.45) is 10.7 Å². The number of alkyl halides is 6. The molecule has 1 rings (SSSR count). The highest BCUT2D eigenvalue weighted by Gasteiger charge is 2.67. The van der Waals surface area contributed by atoms with Crippen LogP contribution >= 0.6 is 11.8 Å². The molecule has 0 saturated carbocycles. The van der Waals surface area contributed by atoms with Crippen LogP contribution in [0.3, 0.4) is 0 Å². The van der Waals surface area contributed by atoms with Gasteiger partial charge in [-0.05, 0) is 0 Å². The molecular weight excluding hydrogens is 274 g/mol. The van der Waals surface area contributed by atoms with Gasteiger partial charge in [-0.2, -0.15) is 26.3 Å². The van der Waals surface area contributed by atoms with Gasteiger partial charge < -0.3 is 5.73 Å². The topological polar surface area (TPSA) is 55.5 Å². The average molecular weight is 280 g/mol. The Hall–Kier alpha value is -0.930. The number of hydrogen-bond acceptors (Lipinski definition) is 3. The van der Waals surface area contributed by atoms with Gasteiger partial charge in [-0.1, -0.05) is 11.8 Å². The number of primary amides is 1. The predicted octanol–water partition coefficient (Wildman–Crippen LogP) is 1.87. The number of thioether (sulfide) groups is 1. The second-order valence-corrected chi connectivity index (χ2v) is 4.32. The normalized spacial score (nSPS) is 29.6. The minimum atomic E-state index is -5.30. The maximum absolute atomic E-state index is 12.7. The van der Waals surface area contributed by atoms with Gasteiger partial charge in [-0.25, -0.2) is 0 Å². The molecule has 0 aromatic carbocycles. The highest BCUT2D eigenvalue weighted by atomic mass is 32.2. The fourth-order valence-corrected chi connectivity index (χ4v) is 2.44. The highest BCUT2D eigenvalue weighted by Crippen LogP contribution is 2.50. The second-order valence-electron chi connectivity index (χ2n) is 3.37. The van der Waals surface area contributed by atoms with E-state index in [9.17, 15) is 31.1 Å². The molecule has 98 valence electrons. The third-order valence-electron chi connectivity index (χ3n) is 2.13. The van der Waals surface area contributed by atoms with Gasteiger partial charge in [0.2, 0.25) is 5.91 Å². The molecule has 1 heterocycles. The molecule has 3 nitrogen and oxygen atoms in total. The molecule has 0 aromatic heterocycles. The summed E-state index contributed by atoms with van der Waals surface area (Å²) in [6, 6.07) is 0. The number of aliphatic imine (C=N–C) groups is 1. The van der Waals surface area contributed by atoms with Crippen LogP contribution in [0.1, 0.15) is 6.42 Å². The number of hydrogen-bond donors (Lipinski definition) is 1. The maximum atomic E-state index is 12.7. The van der Waals surface area contributed by atoms with Crippen LogP contribution in [0.25, 0.3) is 0 Å². The number of nitrogens with zero attached hydrogens (tertiary/aromatic N) is 1. The quantitative estimate of drug-likeness (QED) is 0.785. The van der Waals surface area contributed by atoms with Gasteiger partial charge in [-0.15, -0.1) is 0 Å². The monoisotopic (exact) mass is 280 g/mol. The molecule has 10 heteroatoms. The number of amides is 1. The van der Waals surface area contributed by atoms with Crippen LogP contribution in [0.2, 0.25) is 0 Å². The van der Waals surface area contributed by atoms with Crippen molar-refractivity contribution in [1.82, 2.24) is 0 Å². The van der Waals surface area contributed by atoms with E-state index >= 15 is 0 Å². The molecule has 0 radical (unpaired) electrons. The Bertz CT molecular complexity index is 351. The third-order valence-corrected chi connectivity index (χ3v) is 3.25. The minimum Gasteiger partial charge on any atom is -0.369 e. The van der Waals surface area contributed by atoms with Gasteiger partial charge in [-0.3, -0.25) is 9.79 Å². The third kappa shape index (κ3) is 2.67. The summed E-state index contributed by atoms with van der Waals surface area (Å²) in [6.45, 7) is 0. The van der Waals surface area contributed by atoms with Gasteiger partial charge in [0.1, 0.15) is 5.25 Å². The Morgan fingerprint density at radius 3 is 2.24 bits per heavy atom. The fraction of sp³-hybridized carbons (Fsp3) is 0.714. The number of halogens is 6.